The fourth-order valence-electron chi connectivity index (χ4n) is 3.67. The van der Waals surface area contributed by atoms with E-state index in [2.05, 4.69) is 5.32 Å². The van der Waals surface area contributed by atoms with E-state index in [0.717, 1.165) is 49.0 Å². The van der Waals surface area contributed by atoms with Crippen molar-refractivity contribution in [3.05, 3.63) is 59.2 Å². The van der Waals surface area contributed by atoms with Crippen LogP contribution < -0.4 is 10.1 Å². The highest BCUT2D eigenvalue weighted by molar-refractivity contribution is 7.89. The van der Waals surface area contributed by atoms with E-state index in [0.29, 0.717) is 29.7 Å². The maximum absolute atomic E-state index is 13.3. The molecule has 0 bridgehead atoms. The maximum Gasteiger partial charge on any atom is 0.251 e. The third-order valence-electron chi connectivity index (χ3n) is 5.69. The van der Waals surface area contributed by atoms with Crippen LogP contribution in [-0.2, 0) is 23.0 Å². The van der Waals surface area contributed by atoms with Crippen LogP contribution >= 0.6 is 0 Å². The molecule has 3 aliphatic rings. The fourth-order valence-corrected chi connectivity index (χ4v) is 5.39. The quantitative estimate of drug-likeness (QED) is 0.759. The summed E-state index contributed by atoms with van der Waals surface area (Å²) in [6, 6.07) is 12.8. The molecule has 0 aromatic heterocycles. The standard InChI is InChI=1S/C22H24N2O4S/c25-22(23-18-5-6-18)16-3-1-15(2-4-16)14-24(19-7-8-19)29(26,27)20-9-10-21-17(13-20)11-12-28-21/h1-4,9-10,13,18-19H,5-8,11-12,14H2,(H,23,25). The van der Waals surface area contributed by atoms with Gasteiger partial charge in [0.1, 0.15) is 5.75 Å². The number of benzene rings is 2. The van der Waals surface area contributed by atoms with Crippen molar-refractivity contribution in [3.8, 4) is 5.75 Å². The Labute approximate surface area is 170 Å². The summed E-state index contributed by atoms with van der Waals surface area (Å²) in [5.74, 6) is 0.716. The Balaban J connectivity index is 1.35. The number of hydrogen-bond donors (Lipinski definition) is 1. The highest BCUT2D eigenvalue weighted by Crippen LogP contribution is 2.35. The molecule has 2 saturated carbocycles. The lowest BCUT2D eigenvalue weighted by atomic mass is 10.1. The number of nitrogens with zero attached hydrogens (tertiary/aromatic N) is 1. The normalized spacial score (nSPS) is 18.4. The van der Waals surface area contributed by atoms with Crippen molar-refractivity contribution in [2.24, 2.45) is 0 Å². The average Bonchev–Trinajstić information content (AvgIpc) is 3.65. The number of hydrogen-bond acceptors (Lipinski definition) is 4. The van der Waals surface area contributed by atoms with Crippen LogP contribution in [0.15, 0.2) is 47.4 Å². The van der Waals surface area contributed by atoms with Gasteiger partial charge in [0.2, 0.25) is 10.0 Å². The topological polar surface area (TPSA) is 75.7 Å². The van der Waals surface area contributed by atoms with Gasteiger partial charge < -0.3 is 10.1 Å². The molecule has 2 aliphatic carbocycles. The summed E-state index contributed by atoms with van der Waals surface area (Å²) in [6.45, 7) is 0.914. The largest absolute Gasteiger partial charge is 0.493 e. The molecule has 0 spiro atoms. The monoisotopic (exact) mass is 412 g/mol. The lowest BCUT2D eigenvalue weighted by molar-refractivity contribution is 0.0951. The molecule has 152 valence electrons. The number of amides is 1. The highest BCUT2D eigenvalue weighted by atomic mass is 32.2. The summed E-state index contributed by atoms with van der Waals surface area (Å²) >= 11 is 0. The molecule has 5 rings (SSSR count). The lowest BCUT2D eigenvalue weighted by Crippen LogP contribution is -2.32. The van der Waals surface area contributed by atoms with E-state index in [4.69, 9.17) is 4.74 Å². The molecular formula is C22H24N2O4S. The van der Waals surface area contributed by atoms with Crippen molar-refractivity contribution >= 4 is 15.9 Å². The summed E-state index contributed by atoms with van der Waals surface area (Å²) in [4.78, 5) is 12.5. The summed E-state index contributed by atoms with van der Waals surface area (Å²) in [6.07, 6.45) is 4.61. The molecule has 1 aliphatic heterocycles. The Hall–Kier alpha value is -2.38. The lowest BCUT2D eigenvalue weighted by Gasteiger charge is -2.22. The van der Waals surface area contributed by atoms with Crippen molar-refractivity contribution in [1.29, 1.82) is 0 Å². The minimum atomic E-state index is -3.59. The second-order valence-corrected chi connectivity index (χ2v) is 9.98. The van der Waals surface area contributed by atoms with E-state index in [1.807, 2.05) is 12.1 Å². The zero-order valence-electron chi connectivity index (χ0n) is 16.1. The first kappa shape index (κ1) is 18.6. The number of carbonyl (C=O) groups excluding carboxylic acids is 1. The maximum atomic E-state index is 13.3. The predicted molar refractivity (Wildman–Crippen MR) is 108 cm³/mol. The number of rotatable bonds is 7. The van der Waals surface area contributed by atoms with Gasteiger partial charge in [-0.05, 0) is 67.1 Å². The van der Waals surface area contributed by atoms with Crippen LogP contribution in [0.2, 0.25) is 0 Å². The van der Waals surface area contributed by atoms with Crippen LogP contribution in [0.25, 0.3) is 0 Å². The van der Waals surface area contributed by atoms with E-state index in [1.165, 1.54) is 0 Å². The number of ether oxygens (including phenoxy) is 1. The van der Waals surface area contributed by atoms with Crippen molar-refractivity contribution in [2.45, 2.75) is 55.6 Å². The van der Waals surface area contributed by atoms with Gasteiger partial charge in [0.25, 0.3) is 5.91 Å². The summed E-state index contributed by atoms with van der Waals surface area (Å²) in [5, 5.41) is 2.97. The Kier molecular flexibility index (Phi) is 4.59. The van der Waals surface area contributed by atoms with Gasteiger partial charge in [-0.1, -0.05) is 12.1 Å². The van der Waals surface area contributed by atoms with Gasteiger partial charge in [-0.15, -0.1) is 0 Å². The highest BCUT2D eigenvalue weighted by Gasteiger charge is 2.38. The van der Waals surface area contributed by atoms with E-state index in [9.17, 15) is 13.2 Å². The first-order chi connectivity index (χ1) is 14.0. The molecule has 0 saturated heterocycles. The Morgan fingerprint density at radius 2 is 1.83 bits per heavy atom. The van der Waals surface area contributed by atoms with Gasteiger partial charge in [-0.3, -0.25) is 4.79 Å². The molecule has 1 heterocycles. The van der Waals surface area contributed by atoms with E-state index in [-0.39, 0.29) is 11.9 Å². The molecule has 2 fully saturated rings. The summed E-state index contributed by atoms with van der Waals surface area (Å²) in [5.41, 5.74) is 2.45. The molecule has 0 unspecified atom stereocenters. The molecule has 1 N–H and O–H groups in total. The third kappa shape index (κ3) is 3.89. The molecule has 6 nitrogen and oxygen atoms in total. The first-order valence-electron chi connectivity index (χ1n) is 10.2. The van der Waals surface area contributed by atoms with E-state index < -0.39 is 10.0 Å². The van der Waals surface area contributed by atoms with Crippen molar-refractivity contribution in [3.63, 3.8) is 0 Å². The van der Waals surface area contributed by atoms with Crippen LogP contribution in [0.4, 0.5) is 0 Å². The van der Waals surface area contributed by atoms with Crippen molar-refractivity contribution in [1.82, 2.24) is 9.62 Å². The molecular weight excluding hydrogens is 388 g/mol. The Morgan fingerprint density at radius 1 is 1.07 bits per heavy atom. The predicted octanol–water partition coefficient (Wildman–Crippen LogP) is 2.87. The van der Waals surface area contributed by atoms with Gasteiger partial charge in [0.15, 0.2) is 0 Å². The molecule has 2 aromatic carbocycles. The van der Waals surface area contributed by atoms with Gasteiger partial charge in [0.05, 0.1) is 11.5 Å². The number of carbonyl (C=O) groups is 1. The van der Waals surface area contributed by atoms with Crippen LogP contribution in [0.1, 0.15) is 47.2 Å². The molecule has 0 atom stereocenters. The van der Waals surface area contributed by atoms with Crippen LogP contribution in [-0.4, -0.2) is 37.3 Å². The van der Waals surface area contributed by atoms with Gasteiger partial charge in [-0.25, -0.2) is 8.42 Å². The number of nitrogens with one attached hydrogen (secondary N) is 1. The minimum Gasteiger partial charge on any atom is -0.493 e. The van der Waals surface area contributed by atoms with Crippen LogP contribution in [0.5, 0.6) is 5.75 Å². The second kappa shape index (κ2) is 7.15. The zero-order valence-corrected chi connectivity index (χ0v) is 17.0. The molecule has 0 radical (unpaired) electrons. The first-order valence-corrected chi connectivity index (χ1v) is 11.6. The number of sulfonamides is 1. The molecule has 29 heavy (non-hydrogen) atoms. The summed E-state index contributed by atoms with van der Waals surface area (Å²) < 4.78 is 33.8. The van der Waals surface area contributed by atoms with Crippen molar-refractivity contribution in [2.75, 3.05) is 6.61 Å². The van der Waals surface area contributed by atoms with Gasteiger partial charge in [0, 0.05) is 30.6 Å². The zero-order chi connectivity index (χ0) is 20.0. The van der Waals surface area contributed by atoms with E-state index in [1.54, 1.807) is 34.6 Å². The smallest absolute Gasteiger partial charge is 0.251 e. The molecule has 1 amide bonds. The SMILES string of the molecule is O=C(NC1CC1)c1ccc(CN(C2CC2)S(=O)(=O)c2ccc3c(c2)CCO3)cc1. The fraction of sp³-hybridized carbons (Fsp3) is 0.409. The van der Waals surface area contributed by atoms with Gasteiger partial charge >= 0.3 is 0 Å². The van der Waals surface area contributed by atoms with Crippen LogP contribution in [0.3, 0.4) is 0 Å². The average molecular weight is 413 g/mol. The number of fused-ring (bicyclic) bond motifs is 1. The minimum absolute atomic E-state index is 0.0438. The Bertz CT molecular complexity index is 1040. The second-order valence-electron chi connectivity index (χ2n) is 8.09. The van der Waals surface area contributed by atoms with E-state index >= 15 is 0 Å². The van der Waals surface area contributed by atoms with Crippen molar-refractivity contribution < 1.29 is 17.9 Å². The Morgan fingerprint density at radius 3 is 2.52 bits per heavy atom. The summed E-state index contributed by atoms with van der Waals surface area (Å²) in [7, 11) is -3.59. The molecule has 7 heteroatoms. The van der Waals surface area contributed by atoms with Crippen LogP contribution in [0, 0.1) is 0 Å². The van der Waals surface area contributed by atoms with Gasteiger partial charge in [-0.2, -0.15) is 4.31 Å². The third-order valence-corrected chi connectivity index (χ3v) is 7.58. The molecule has 2 aromatic rings.